The molecule has 0 aromatic carbocycles. The van der Waals surface area contributed by atoms with Crippen molar-refractivity contribution in [3.63, 3.8) is 0 Å². The van der Waals surface area contributed by atoms with E-state index in [-0.39, 0.29) is 0 Å². The van der Waals surface area contributed by atoms with E-state index >= 15 is 0 Å². The van der Waals surface area contributed by atoms with E-state index in [1.54, 1.807) is 0 Å². The molecule has 116 valence electrons. The average Bonchev–Trinajstić information content (AvgIpc) is 2.71. The number of aromatic nitrogens is 2. The monoisotopic (exact) mass is 289 g/mol. The molecular weight excluding hydrogens is 262 g/mol. The maximum absolute atomic E-state index is 6.13. The molecule has 1 aromatic rings. The van der Waals surface area contributed by atoms with Crippen LogP contribution in [0.4, 0.5) is 0 Å². The summed E-state index contributed by atoms with van der Waals surface area (Å²) in [6, 6.07) is 0. The largest absolute Gasteiger partial charge is 0.370 e. The van der Waals surface area contributed by atoms with Crippen molar-refractivity contribution in [2.45, 2.75) is 57.9 Å². The number of hydrogen-bond donors (Lipinski definition) is 1. The van der Waals surface area contributed by atoms with Crippen molar-refractivity contribution in [1.29, 1.82) is 0 Å². The lowest BCUT2D eigenvalue weighted by molar-refractivity contribution is 0.428. The molecule has 1 aromatic heterocycles. The summed E-state index contributed by atoms with van der Waals surface area (Å²) >= 11 is 0. The van der Waals surface area contributed by atoms with Crippen molar-refractivity contribution in [1.82, 2.24) is 14.5 Å². The lowest BCUT2D eigenvalue weighted by Gasteiger charge is -2.20. The second kappa shape index (κ2) is 6.96. The Morgan fingerprint density at radius 1 is 1.10 bits per heavy atom. The third-order valence-electron chi connectivity index (χ3n) is 4.53. The van der Waals surface area contributed by atoms with Gasteiger partial charge in [-0.05, 0) is 25.7 Å². The molecule has 5 heteroatoms. The molecule has 1 saturated heterocycles. The fourth-order valence-electron chi connectivity index (χ4n) is 3.28. The third kappa shape index (κ3) is 3.77. The molecule has 0 spiro atoms. The second-order valence-electron chi connectivity index (χ2n) is 6.19. The molecule has 2 N–H and O–H groups in total. The van der Waals surface area contributed by atoms with E-state index in [0.717, 1.165) is 45.0 Å². The van der Waals surface area contributed by atoms with Gasteiger partial charge >= 0.3 is 0 Å². The average molecular weight is 289 g/mol. The van der Waals surface area contributed by atoms with Crippen LogP contribution >= 0.6 is 0 Å². The number of aliphatic imine (C=N–C) groups is 1. The first-order valence-corrected chi connectivity index (χ1v) is 8.43. The summed E-state index contributed by atoms with van der Waals surface area (Å²) in [6.45, 7) is 4.00. The van der Waals surface area contributed by atoms with Gasteiger partial charge in [0.1, 0.15) is 5.82 Å². The quantitative estimate of drug-likeness (QED) is 0.683. The van der Waals surface area contributed by atoms with Gasteiger partial charge in [0.25, 0.3) is 0 Å². The second-order valence-corrected chi connectivity index (χ2v) is 6.19. The topological polar surface area (TPSA) is 59.4 Å². The molecule has 0 unspecified atom stereocenters. The molecule has 0 atom stereocenters. The van der Waals surface area contributed by atoms with Crippen molar-refractivity contribution in [3.05, 3.63) is 17.7 Å². The van der Waals surface area contributed by atoms with Gasteiger partial charge in [0.15, 0.2) is 5.96 Å². The fourth-order valence-corrected chi connectivity index (χ4v) is 3.28. The SMILES string of the molecule is NC(=NCCc1cn2c(n1)CCCC2)N1CCCCCC1. The third-order valence-corrected chi connectivity index (χ3v) is 4.53. The number of rotatable bonds is 3. The van der Waals surface area contributed by atoms with Crippen LogP contribution < -0.4 is 5.73 Å². The molecule has 2 aliphatic rings. The zero-order chi connectivity index (χ0) is 14.5. The van der Waals surface area contributed by atoms with Crippen LogP contribution in [0.25, 0.3) is 0 Å². The Bertz CT molecular complexity index is 459. The van der Waals surface area contributed by atoms with Crippen LogP contribution in [0.3, 0.4) is 0 Å². The molecule has 3 rings (SSSR count). The minimum absolute atomic E-state index is 0.723. The molecule has 0 radical (unpaired) electrons. The number of nitrogens with two attached hydrogens (primary N) is 1. The molecular formula is C16H27N5. The summed E-state index contributed by atoms with van der Waals surface area (Å²) in [7, 11) is 0. The summed E-state index contributed by atoms with van der Waals surface area (Å²) in [4.78, 5) is 11.5. The molecule has 2 aliphatic heterocycles. The van der Waals surface area contributed by atoms with E-state index in [2.05, 4.69) is 20.7 Å². The number of likely N-dealkylation sites (tertiary alicyclic amines) is 1. The maximum Gasteiger partial charge on any atom is 0.191 e. The maximum atomic E-state index is 6.13. The number of hydrogen-bond acceptors (Lipinski definition) is 2. The first kappa shape index (κ1) is 14.4. The number of aryl methyl sites for hydroxylation is 2. The van der Waals surface area contributed by atoms with Crippen LogP contribution in [-0.2, 0) is 19.4 Å². The smallest absolute Gasteiger partial charge is 0.191 e. The molecule has 3 heterocycles. The Morgan fingerprint density at radius 3 is 2.62 bits per heavy atom. The first-order chi connectivity index (χ1) is 10.3. The van der Waals surface area contributed by atoms with Crippen LogP contribution in [0.1, 0.15) is 50.0 Å². The Hall–Kier alpha value is -1.52. The van der Waals surface area contributed by atoms with Gasteiger partial charge in [-0.1, -0.05) is 12.8 Å². The predicted molar refractivity (Wildman–Crippen MR) is 85.4 cm³/mol. The van der Waals surface area contributed by atoms with Crippen molar-refractivity contribution < 1.29 is 0 Å². The first-order valence-electron chi connectivity index (χ1n) is 8.43. The van der Waals surface area contributed by atoms with E-state index in [1.807, 2.05) is 0 Å². The Morgan fingerprint density at radius 2 is 1.86 bits per heavy atom. The normalized spacial score (nSPS) is 20.2. The molecule has 21 heavy (non-hydrogen) atoms. The van der Waals surface area contributed by atoms with Gasteiger partial charge in [-0.15, -0.1) is 0 Å². The molecule has 0 amide bonds. The van der Waals surface area contributed by atoms with E-state index in [9.17, 15) is 0 Å². The standard InChI is InChI=1S/C16H27N5/c17-16(20-10-4-1-2-5-11-20)18-9-8-14-13-21-12-6-3-7-15(21)19-14/h13H,1-12H2,(H2,17,18). The van der Waals surface area contributed by atoms with E-state index in [4.69, 9.17) is 10.7 Å². The highest BCUT2D eigenvalue weighted by Gasteiger charge is 2.13. The number of guanidine groups is 1. The minimum Gasteiger partial charge on any atom is -0.370 e. The Kier molecular flexibility index (Phi) is 4.78. The molecule has 1 fully saturated rings. The summed E-state index contributed by atoms with van der Waals surface area (Å²) < 4.78 is 2.31. The zero-order valence-electron chi connectivity index (χ0n) is 12.9. The summed E-state index contributed by atoms with van der Waals surface area (Å²) in [5.74, 6) is 1.97. The number of imidazole rings is 1. The molecule has 0 saturated carbocycles. The molecule has 5 nitrogen and oxygen atoms in total. The Labute approximate surface area is 127 Å². The number of nitrogens with zero attached hydrogens (tertiary/aromatic N) is 4. The highest BCUT2D eigenvalue weighted by Crippen LogP contribution is 2.15. The van der Waals surface area contributed by atoms with Crippen molar-refractivity contribution >= 4 is 5.96 Å². The summed E-state index contributed by atoms with van der Waals surface area (Å²) in [6.07, 6.45) is 11.9. The molecule has 0 bridgehead atoms. The van der Waals surface area contributed by atoms with Crippen LogP contribution in [0.5, 0.6) is 0 Å². The van der Waals surface area contributed by atoms with Gasteiger partial charge in [-0.2, -0.15) is 0 Å². The summed E-state index contributed by atoms with van der Waals surface area (Å²) in [5.41, 5.74) is 7.30. The van der Waals surface area contributed by atoms with Crippen LogP contribution in [-0.4, -0.2) is 40.0 Å². The lowest BCUT2D eigenvalue weighted by atomic mass is 10.2. The lowest BCUT2D eigenvalue weighted by Crippen LogP contribution is -2.38. The molecule has 0 aliphatic carbocycles. The van der Waals surface area contributed by atoms with Gasteiger partial charge in [0.2, 0.25) is 0 Å². The fraction of sp³-hybridized carbons (Fsp3) is 0.750. The van der Waals surface area contributed by atoms with Crippen molar-refractivity contribution in [3.8, 4) is 0 Å². The van der Waals surface area contributed by atoms with Gasteiger partial charge < -0.3 is 15.2 Å². The minimum atomic E-state index is 0.723. The van der Waals surface area contributed by atoms with E-state index < -0.39 is 0 Å². The van der Waals surface area contributed by atoms with Crippen molar-refractivity contribution in [2.75, 3.05) is 19.6 Å². The summed E-state index contributed by atoms with van der Waals surface area (Å²) in [5, 5.41) is 0. The number of fused-ring (bicyclic) bond motifs is 1. The Balaban J connectivity index is 1.52. The van der Waals surface area contributed by atoms with E-state index in [0.29, 0.717) is 0 Å². The highest BCUT2D eigenvalue weighted by atomic mass is 15.2. The van der Waals surface area contributed by atoms with E-state index in [1.165, 1.54) is 50.0 Å². The zero-order valence-corrected chi connectivity index (χ0v) is 12.9. The van der Waals surface area contributed by atoms with Crippen LogP contribution in [0.2, 0.25) is 0 Å². The van der Waals surface area contributed by atoms with Gasteiger partial charge in [-0.3, -0.25) is 4.99 Å². The van der Waals surface area contributed by atoms with Crippen LogP contribution in [0.15, 0.2) is 11.2 Å². The highest BCUT2D eigenvalue weighted by molar-refractivity contribution is 5.78. The van der Waals surface area contributed by atoms with Gasteiger partial charge in [-0.25, -0.2) is 4.98 Å². The van der Waals surface area contributed by atoms with Gasteiger partial charge in [0.05, 0.1) is 5.69 Å². The van der Waals surface area contributed by atoms with Crippen molar-refractivity contribution in [2.24, 2.45) is 10.7 Å². The van der Waals surface area contributed by atoms with Crippen LogP contribution in [0, 0.1) is 0 Å². The van der Waals surface area contributed by atoms with Gasteiger partial charge in [0, 0.05) is 45.2 Å². The predicted octanol–water partition coefficient (Wildman–Crippen LogP) is 1.95.